The SMILES string of the molecule is CC/C=N\Nc1ccc(CC(NC(=O)N2CCC(N3Cc4ccccc4NC3=O)CC2)C(=O)O)cc1C. The topological polar surface area (TPSA) is 126 Å². The van der Waals surface area contributed by atoms with E-state index in [1.165, 1.54) is 0 Å². The van der Waals surface area contributed by atoms with Crippen LogP contribution in [0.5, 0.6) is 0 Å². The van der Waals surface area contributed by atoms with Crippen molar-refractivity contribution >= 4 is 35.6 Å². The number of piperidine rings is 1. The van der Waals surface area contributed by atoms with Gasteiger partial charge >= 0.3 is 18.0 Å². The number of likely N-dealkylation sites (tertiary alicyclic amines) is 1. The summed E-state index contributed by atoms with van der Waals surface area (Å²) in [6.45, 7) is 5.36. The van der Waals surface area contributed by atoms with Crippen molar-refractivity contribution in [2.75, 3.05) is 23.8 Å². The van der Waals surface area contributed by atoms with Crippen molar-refractivity contribution in [3.8, 4) is 0 Å². The molecule has 2 aromatic carbocycles. The van der Waals surface area contributed by atoms with Gasteiger partial charge in [0.05, 0.1) is 5.69 Å². The fourth-order valence-corrected chi connectivity index (χ4v) is 4.76. The molecule has 1 fully saturated rings. The van der Waals surface area contributed by atoms with Crippen LogP contribution in [0.25, 0.3) is 0 Å². The van der Waals surface area contributed by atoms with Gasteiger partial charge in [0, 0.05) is 44.0 Å². The van der Waals surface area contributed by atoms with E-state index in [4.69, 9.17) is 0 Å². The third-order valence-corrected chi connectivity index (χ3v) is 6.84. The molecule has 0 saturated carbocycles. The molecule has 2 aromatic rings. The molecular formula is C27H34N6O4. The molecule has 1 saturated heterocycles. The molecule has 4 rings (SSSR count). The first-order valence-corrected chi connectivity index (χ1v) is 12.7. The molecule has 2 aliphatic heterocycles. The number of urea groups is 2. The average molecular weight is 507 g/mol. The zero-order valence-corrected chi connectivity index (χ0v) is 21.2. The number of benzene rings is 2. The molecule has 0 aromatic heterocycles. The Hall–Kier alpha value is -4.08. The molecule has 10 nitrogen and oxygen atoms in total. The van der Waals surface area contributed by atoms with Crippen molar-refractivity contribution in [3.63, 3.8) is 0 Å². The first-order valence-electron chi connectivity index (χ1n) is 12.7. The van der Waals surface area contributed by atoms with Crippen molar-refractivity contribution in [3.05, 3.63) is 59.2 Å². The second kappa shape index (κ2) is 11.8. The number of hydrogen-bond donors (Lipinski definition) is 4. The Morgan fingerprint density at radius 3 is 2.68 bits per heavy atom. The number of hydrogen-bond acceptors (Lipinski definition) is 5. The third kappa shape index (κ3) is 6.38. The minimum Gasteiger partial charge on any atom is -0.480 e. The van der Waals surface area contributed by atoms with E-state index in [0.717, 1.165) is 34.5 Å². The fraction of sp³-hybridized carbons (Fsp3) is 0.407. The van der Waals surface area contributed by atoms with Crippen LogP contribution in [-0.4, -0.2) is 64.3 Å². The maximum Gasteiger partial charge on any atom is 0.326 e. The van der Waals surface area contributed by atoms with Gasteiger partial charge in [0.1, 0.15) is 6.04 Å². The van der Waals surface area contributed by atoms with Gasteiger partial charge in [-0.25, -0.2) is 14.4 Å². The lowest BCUT2D eigenvalue weighted by atomic mass is 10.0. The van der Waals surface area contributed by atoms with E-state index < -0.39 is 18.0 Å². The van der Waals surface area contributed by atoms with Gasteiger partial charge in [-0.1, -0.05) is 37.3 Å². The van der Waals surface area contributed by atoms with Crippen molar-refractivity contribution < 1.29 is 19.5 Å². The second-order valence-electron chi connectivity index (χ2n) is 9.46. The summed E-state index contributed by atoms with van der Waals surface area (Å²) in [6, 6.07) is 11.8. The van der Waals surface area contributed by atoms with E-state index in [2.05, 4.69) is 21.2 Å². The summed E-state index contributed by atoms with van der Waals surface area (Å²) >= 11 is 0. The van der Waals surface area contributed by atoms with Crippen LogP contribution in [0.3, 0.4) is 0 Å². The van der Waals surface area contributed by atoms with Gasteiger partial charge in [0.2, 0.25) is 0 Å². The number of anilines is 2. The number of carboxylic acid groups (broad SMARTS) is 1. The summed E-state index contributed by atoms with van der Waals surface area (Å²) in [4.78, 5) is 40.9. The van der Waals surface area contributed by atoms with Crippen LogP contribution in [0.15, 0.2) is 47.6 Å². The summed E-state index contributed by atoms with van der Waals surface area (Å²) in [7, 11) is 0. The molecule has 2 heterocycles. The van der Waals surface area contributed by atoms with Crippen molar-refractivity contribution in [1.82, 2.24) is 15.1 Å². The molecule has 4 amide bonds. The highest BCUT2D eigenvalue weighted by Crippen LogP contribution is 2.27. The number of hydrazone groups is 1. The molecule has 0 radical (unpaired) electrons. The first kappa shape index (κ1) is 26.0. The van der Waals surface area contributed by atoms with E-state index >= 15 is 0 Å². The summed E-state index contributed by atoms with van der Waals surface area (Å²) in [5, 5.41) is 19.5. The van der Waals surface area contributed by atoms with Crippen LogP contribution in [0, 0.1) is 6.92 Å². The molecule has 10 heteroatoms. The number of carboxylic acids is 1. The number of nitrogens with zero attached hydrogens (tertiary/aromatic N) is 3. The number of rotatable bonds is 8. The van der Waals surface area contributed by atoms with Crippen LogP contribution in [0.1, 0.15) is 42.9 Å². The molecule has 1 atom stereocenters. The summed E-state index contributed by atoms with van der Waals surface area (Å²) in [5.41, 5.74) is 7.48. The second-order valence-corrected chi connectivity index (χ2v) is 9.46. The zero-order valence-electron chi connectivity index (χ0n) is 21.2. The van der Waals surface area contributed by atoms with Crippen LogP contribution >= 0.6 is 0 Å². The molecule has 196 valence electrons. The molecular weight excluding hydrogens is 472 g/mol. The Morgan fingerprint density at radius 2 is 1.97 bits per heavy atom. The molecule has 0 aliphatic carbocycles. The molecule has 37 heavy (non-hydrogen) atoms. The third-order valence-electron chi connectivity index (χ3n) is 6.84. The standard InChI is InChI=1S/C27H34N6O4/c1-3-12-28-31-22-9-8-19(15-18(22)2)16-24(25(34)35)30-26(36)32-13-10-21(11-14-32)33-17-20-6-4-5-7-23(20)29-27(33)37/h4-9,12,15,21,24,31H,3,10-11,13-14,16-17H2,1-2H3,(H,29,37)(H,30,36)(H,34,35)/b28-12-. The number of para-hydroxylation sites is 1. The first-order chi connectivity index (χ1) is 17.9. The Bertz CT molecular complexity index is 1180. The maximum absolute atomic E-state index is 12.9. The fourth-order valence-electron chi connectivity index (χ4n) is 4.76. The molecule has 0 bridgehead atoms. The average Bonchev–Trinajstić information content (AvgIpc) is 2.89. The van der Waals surface area contributed by atoms with Crippen LogP contribution in [0.4, 0.5) is 21.0 Å². The molecule has 4 N–H and O–H groups in total. The van der Waals surface area contributed by atoms with E-state index in [0.29, 0.717) is 32.5 Å². The number of nitrogens with one attached hydrogen (secondary N) is 3. The highest BCUT2D eigenvalue weighted by molar-refractivity contribution is 5.92. The van der Waals surface area contributed by atoms with E-state index in [9.17, 15) is 19.5 Å². The molecule has 0 spiro atoms. The van der Waals surface area contributed by atoms with Crippen LogP contribution in [0.2, 0.25) is 0 Å². The lowest BCUT2D eigenvalue weighted by molar-refractivity contribution is -0.139. The van der Waals surface area contributed by atoms with E-state index in [-0.39, 0.29) is 18.5 Å². The van der Waals surface area contributed by atoms with Gasteiger partial charge in [0.15, 0.2) is 0 Å². The predicted octanol–water partition coefficient (Wildman–Crippen LogP) is 4.02. The lowest BCUT2D eigenvalue weighted by Gasteiger charge is -2.40. The predicted molar refractivity (Wildman–Crippen MR) is 143 cm³/mol. The van der Waals surface area contributed by atoms with Gasteiger partial charge < -0.3 is 25.5 Å². The van der Waals surface area contributed by atoms with Gasteiger partial charge in [-0.15, -0.1) is 0 Å². The zero-order chi connectivity index (χ0) is 26.4. The van der Waals surface area contributed by atoms with E-state index in [1.807, 2.05) is 61.2 Å². The van der Waals surface area contributed by atoms with Gasteiger partial charge in [-0.2, -0.15) is 5.10 Å². The van der Waals surface area contributed by atoms with Crippen molar-refractivity contribution in [2.24, 2.45) is 5.10 Å². The quantitative estimate of drug-likeness (QED) is 0.318. The summed E-state index contributed by atoms with van der Waals surface area (Å²) < 4.78 is 0. The number of aliphatic carboxylic acids is 1. The molecule has 1 unspecified atom stereocenters. The summed E-state index contributed by atoms with van der Waals surface area (Å²) in [6.07, 6.45) is 4.03. The summed E-state index contributed by atoms with van der Waals surface area (Å²) in [5.74, 6) is -1.08. The smallest absolute Gasteiger partial charge is 0.326 e. The van der Waals surface area contributed by atoms with E-state index in [1.54, 1.807) is 11.1 Å². The number of aryl methyl sites for hydroxylation is 1. The van der Waals surface area contributed by atoms with Gasteiger partial charge in [0.25, 0.3) is 0 Å². The Balaban J connectivity index is 1.31. The number of carbonyl (C=O) groups excluding carboxylic acids is 2. The monoisotopic (exact) mass is 506 g/mol. The number of fused-ring (bicyclic) bond motifs is 1. The van der Waals surface area contributed by atoms with Crippen LogP contribution < -0.4 is 16.1 Å². The number of carbonyl (C=O) groups is 3. The normalized spacial score (nSPS) is 16.8. The van der Waals surface area contributed by atoms with Crippen molar-refractivity contribution in [2.45, 2.75) is 58.2 Å². The largest absolute Gasteiger partial charge is 0.480 e. The lowest BCUT2D eigenvalue weighted by Crippen LogP contribution is -2.54. The Labute approximate surface area is 216 Å². The Kier molecular flexibility index (Phi) is 8.27. The maximum atomic E-state index is 12.9. The van der Waals surface area contributed by atoms with Crippen molar-refractivity contribution in [1.29, 1.82) is 0 Å². The highest BCUT2D eigenvalue weighted by Gasteiger charge is 2.33. The minimum atomic E-state index is -1.08. The molecule has 2 aliphatic rings. The minimum absolute atomic E-state index is 0.0180. The van der Waals surface area contributed by atoms with Gasteiger partial charge in [-0.05, 0) is 55.0 Å². The van der Waals surface area contributed by atoms with Crippen LogP contribution in [-0.2, 0) is 17.8 Å². The van der Waals surface area contributed by atoms with Gasteiger partial charge in [-0.3, -0.25) is 5.43 Å². The highest BCUT2D eigenvalue weighted by atomic mass is 16.4. The number of amides is 4. The Morgan fingerprint density at radius 1 is 1.22 bits per heavy atom.